The molecule has 0 spiro atoms. The molecular formula is C19H20N2O2. The number of hydrogen-bond donors (Lipinski definition) is 2. The molecule has 0 saturated heterocycles. The van der Waals surface area contributed by atoms with Crippen molar-refractivity contribution in [3.63, 3.8) is 0 Å². The molecule has 0 saturated carbocycles. The smallest absolute Gasteiger partial charge is 0.253 e. The monoisotopic (exact) mass is 308 g/mol. The van der Waals surface area contributed by atoms with E-state index in [0.29, 0.717) is 18.5 Å². The topological polar surface area (TPSA) is 62.2 Å². The summed E-state index contributed by atoms with van der Waals surface area (Å²) in [6.45, 7) is 2.69. The molecule has 3 rings (SSSR count). The van der Waals surface area contributed by atoms with E-state index in [4.69, 9.17) is 5.11 Å². The van der Waals surface area contributed by atoms with Gasteiger partial charge in [0.05, 0.1) is 11.1 Å². The lowest BCUT2D eigenvalue weighted by Crippen LogP contribution is -2.29. The lowest BCUT2D eigenvalue weighted by Gasteiger charge is -2.13. The average molecular weight is 308 g/mol. The highest BCUT2D eigenvalue weighted by Gasteiger charge is 2.14. The van der Waals surface area contributed by atoms with E-state index in [1.807, 2.05) is 49.4 Å². The molecule has 0 aliphatic rings. The molecule has 1 amide bonds. The van der Waals surface area contributed by atoms with Crippen LogP contribution in [0.5, 0.6) is 0 Å². The van der Waals surface area contributed by atoms with Crippen LogP contribution >= 0.6 is 0 Å². The number of aromatic nitrogens is 1. The predicted octanol–water partition coefficient (Wildman–Crippen LogP) is 3.14. The summed E-state index contributed by atoms with van der Waals surface area (Å²) in [5.41, 5.74) is 1.31. The number of hydrogen-bond acceptors (Lipinski definition) is 3. The molecule has 1 atom stereocenters. The molecule has 118 valence electrons. The summed E-state index contributed by atoms with van der Waals surface area (Å²) < 4.78 is 0. The van der Waals surface area contributed by atoms with Crippen LogP contribution < -0.4 is 5.32 Å². The second kappa shape index (κ2) is 6.75. The third-order valence-electron chi connectivity index (χ3n) is 4.09. The summed E-state index contributed by atoms with van der Waals surface area (Å²) in [7, 11) is 0. The Morgan fingerprint density at radius 2 is 2.00 bits per heavy atom. The van der Waals surface area contributed by atoms with E-state index < -0.39 is 0 Å². The van der Waals surface area contributed by atoms with Crippen molar-refractivity contribution in [1.82, 2.24) is 10.3 Å². The van der Waals surface area contributed by atoms with Crippen LogP contribution in [-0.4, -0.2) is 29.1 Å². The van der Waals surface area contributed by atoms with Gasteiger partial charge in [-0.1, -0.05) is 37.3 Å². The minimum atomic E-state index is -0.121. The molecule has 1 unspecified atom stereocenters. The van der Waals surface area contributed by atoms with E-state index in [0.717, 1.165) is 21.7 Å². The Labute approximate surface area is 135 Å². The Kier molecular flexibility index (Phi) is 4.53. The van der Waals surface area contributed by atoms with Gasteiger partial charge in [0.15, 0.2) is 0 Å². The minimum Gasteiger partial charge on any atom is -0.396 e. The number of fused-ring (bicyclic) bond motifs is 3. The van der Waals surface area contributed by atoms with Crippen LogP contribution in [0.3, 0.4) is 0 Å². The van der Waals surface area contributed by atoms with Gasteiger partial charge in [-0.2, -0.15) is 0 Å². The molecule has 23 heavy (non-hydrogen) atoms. The van der Waals surface area contributed by atoms with Crippen molar-refractivity contribution in [2.75, 3.05) is 13.2 Å². The first kappa shape index (κ1) is 15.4. The standard InChI is InChI=1S/C19H20N2O2/c1-13(8-10-22)12-21-19(23)17-11-14-5-2-3-6-15(14)16-7-4-9-20-18(16)17/h2-7,9,11,13,22H,8,10,12H2,1H3,(H,21,23). The summed E-state index contributed by atoms with van der Waals surface area (Å²) in [4.78, 5) is 17.0. The summed E-state index contributed by atoms with van der Waals surface area (Å²) >= 11 is 0. The number of carbonyl (C=O) groups is 1. The highest BCUT2D eigenvalue weighted by molar-refractivity contribution is 6.15. The molecule has 1 heterocycles. The largest absolute Gasteiger partial charge is 0.396 e. The van der Waals surface area contributed by atoms with Crippen LogP contribution in [0, 0.1) is 5.92 Å². The first-order valence-electron chi connectivity index (χ1n) is 7.86. The van der Waals surface area contributed by atoms with Crippen molar-refractivity contribution >= 4 is 27.6 Å². The normalized spacial score (nSPS) is 12.4. The van der Waals surface area contributed by atoms with Gasteiger partial charge in [-0.05, 0) is 35.2 Å². The number of amides is 1. The number of carbonyl (C=O) groups excluding carboxylic acids is 1. The molecule has 1 aromatic heterocycles. The summed E-state index contributed by atoms with van der Waals surface area (Å²) in [5, 5.41) is 15.0. The van der Waals surface area contributed by atoms with Crippen LogP contribution in [0.25, 0.3) is 21.7 Å². The van der Waals surface area contributed by atoms with E-state index in [9.17, 15) is 4.79 Å². The zero-order valence-electron chi connectivity index (χ0n) is 13.1. The molecular weight excluding hydrogens is 288 g/mol. The number of aliphatic hydroxyl groups is 1. The minimum absolute atomic E-state index is 0.121. The maximum atomic E-state index is 12.6. The Bertz CT molecular complexity index is 845. The maximum absolute atomic E-state index is 12.6. The predicted molar refractivity (Wildman–Crippen MR) is 92.4 cm³/mol. The summed E-state index contributed by atoms with van der Waals surface area (Å²) in [6, 6.07) is 13.8. The van der Waals surface area contributed by atoms with Crippen molar-refractivity contribution in [3.05, 3.63) is 54.2 Å². The number of nitrogens with zero attached hydrogens (tertiary/aromatic N) is 1. The Morgan fingerprint density at radius 3 is 2.83 bits per heavy atom. The van der Waals surface area contributed by atoms with Crippen LogP contribution in [0.15, 0.2) is 48.7 Å². The second-order valence-corrected chi connectivity index (χ2v) is 5.87. The molecule has 0 aliphatic heterocycles. The lowest BCUT2D eigenvalue weighted by atomic mass is 10.00. The van der Waals surface area contributed by atoms with Gasteiger partial charge >= 0.3 is 0 Å². The van der Waals surface area contributed by atoms with Crippen LogP contribution in [0.1, 0.15) is 23.7 Å². The lowest BCUT2D eigenvalue weighted by molar-refractivity contribution is 0.0947. The first-order valence-corrected chi connectivity index (χ1v) is 7.86. The van der Waals surface area contributed by atoms with E-state index in [2.05, 4.69) is 10.3 Å². The van der Waals surface area contributed by atoms with Crippen LogP contribution in [-0.2, 0) is 0 Å². The number of benzene rings is 2. The molecule has 2 aromatic carbocycles. The quantitative estimate of drug-likeness (QED) is 0.712. The number of rotatable bonds is 5. The fraction of sp³-hybridized carbons (Fsp3) is 0.263. The van der Waals surface area contributed by atoms with Gasteiger partial charge in [0.2, 0.25) is 0 Å². The highest BCUT2D eigenvalue weighted by Crippen LogP contribution is 2.27. The van der Waals surface area contributed by atoms with Gasteiger partial charge in [-0.25, -0.2) is 0 Å². The molecule has 0 bridgehead atoms. The molecule has 0 aliphatic carbocycles. The zero-order valence-corrected chi connectivity index (χ0v) is 13.1. The number of aliphatic hydroxyl groups excluding tert-OH is 1. The third-order valence-corrected chi connectivity index (χ3v) is 4.09. The molecule has 0 fully saturated rings. The van der Waals surface area contributed by atoms with E-state index in [-0.39, 0.29) is 18.4 Å². The first-order chi connectivity index (χ1) is 11.2. The fourth-order valence-corrected chi connectivity index (χ4v) is 2.79. The SMILES string of the molecule is CC(CCO)CNC(=O)c1cc2ccccc2c2cccnc12. The van der Waals surface area contributed by atoms with Gasteiger partial charge < -0.3 is 10.4 Å². The Balaban J connectivity index is 2.00. The van der Waals surface area contributed by atoms with Crippen molar-refractivity contribution in [3.8, 4) is 0 Å². The summed E-state index contributed by atoms with van der Waals surface area (Å²) in [5.74, 6) is 0.118. The molecule has 4 nitrogen and oxygen atoms in total. The number of nitrogens with one attached hydrogen (secondary N) is 1. The van der Waals surface area contributed by atoms with Gasteiger partial charge in [-0.15, -0.1) is 0 Å². The molecule has 4 heteroatoms. The van der Waals surface area contributed by atoms with Crippen molar-refractivity contribution in [2.45, 2.75) is 13.3 Å². The van der Waals surface area contributed by atoms with Gasteiger partial charge in [0, 0.05) is 24.7 Å². The van der Waals surface area contributed by atoms with Crippen molar-refractivity contribution < 1.29 is 9.90 Å². The van der Waals surface area contributed by atoms with Crippen LogP contribution in [0.2, 0.25) is 0 Å². The van der Waals surface area contributed by atoms with Crippen molar-refractivity contribution in [1.29, 1.82) is 0 Å². The zero-order chi connectivity index (χ0) is 16.2. The fourth-order valence-electron chi connectivity index (χ4n) is 2.79. The third kappa shape index (κ3) is 3.17. The second-order valence-electron chi connectivity index (χ2n) is 5.87. The van der Waals surface area contributed by atoms with Crippen molar-refractivity contribution in [2.24, 2.45) is 5.92 Å². The molecule has 3 aromatic rings. The Morgan fingerprint density at radius 1 is 1.22 bits per heavy atom. The van der Waals surface area contributed by atoms with Gasteiger partial charge in [0.1, 0.15) is 0 Å². The van der Waals surface area contributed by atoms with E-state index in [1.165, 1.54) is 0 Å². The maximum Gasteiger partial charge on any atom is 0.253 e. The van der Waals surface area contributed by atoms with Crippen LogP contribution in [0.4, 0.5) is 0 Å². The number of pyridine rings is 1. The average Bonchev–Trinajstić information content (AvgIpc) is 2.59. The Hall–Kier alpha value is -2.46. The summed E-state index contributed by atoms with van der Waals surface area (Å²) in [6.07, 6.45) is 2.39. The highest BCUT2D eigenvalue weighted by atomic mass is 16.3. The van der Waals surface area contributed by atoms with Gasteiger partial charge in [0.25, 0.3) is 5.91 Å². The molecule has 2 N–H and O–H groups in total. The van der Waals surface area contributed by atoms with E-state index >= 15 is 0 Å². The van der Waals surface area contributed by atoms with E-state index in [1.54, 1.807) is 6.20 Å². The van der Waals surface area contributed by atoms with Gasteiger partial charge in [-0.3, -0.25) is 9.78 Å². The molecule has 0 radical (unpaired) electrons.